The average molecular weight is 383 g/mol. The first kappa shape index (κ1) is 29.3. The summed E-state index contributed by atoms with van der Waals surface area (Å²) in [4.78, 5) is 2.03. The van der Waals surface area contributed by atoms with Crippen LogP contribution >= 0.6 is 0 Å². The van der Waals surface area contributed by atoms with E-state index in [4.69, 9.17) is 0 Å². The third-order valence-electron chi connectivity index (χ3n) is 3.04. The molecule has 0 amide bonds. The Hall–Kier alpha value is -0.676. The van der Waals surface area contributed by atoms with E-state index in [1.54, 1.807) is 0 Å². The summed E-state index contributed by atoms with van der Waals surface area (Å²) < 4.78 is 1.91. The van der Waals surface area contributed by atoms with Gasteiger partial charge in [-0.25, -0.2) is 0 Å². The van der Waals surface area contributed by atoms with Crippen molar-refractivity contribution in [3.63, 3.8) is 0 Å². The Labute approximate surface area is 162 Å². The maximum Gasteiger partial charge on any atom is 3.00 e. The molecule has 0 aromatic carbocycles. The van der Waals surface area contributed by atoms with Crippen LogP contribution in [0, 0.1) is 48.7 Å². The van der Waals surface area contributed by atoms with Crippen molar-refractivity contribution in [2.24, 2.45) is 7.05 Å². The van der Waals surface area contributed by atoms with Crippen LogP contribution in [0.15, 0.2) is 0 Å². The van der Waals surface area contributed by atoms with Gasteiger partial charge in [0.2, 0.25) is 0 Å². The smallest absolute Gasteiger partial charge is 0.379 e. The molecule has 2 aromatic heterocycles. The molecule has 0 unspecified atom stereocenters. The number of hydrogen-bond acceptors (Lipinski definition) is 3. The monoisotopic (exact) mass is 383 g/mol. The van der Waals surface area contributed by atoms with Crippen LogP contribution in [0.4, 0.5) is 5.82 Å². The van der Waals surface area contributed by atoms with Gasteiger partial charge in [0.05, 0.1) is 0 Å². The Bertz CT molecular complexity index is 498. The molecule has 0 spiro atoms. The molecule has 0 aliphatic rings. The number of nitrogens with one attached hydrogen (secondary N) is 1. The van der Waals surface area contributed by atoms with E-state index in [-0.39, 0.29) is 55.0 Å². The molecule has 5 nitrogen and oxygen atoms in total. The summed E-state index contributed by atoms with van der Waals surface area (Å²) in [5, 5.41) is 10.8. The van der Waals surface area contributed by atoms with Crippen molar-refractivity contribution < 1.29 is 32.7 Å². The van der Waals surface area contributed by atoms with E-state index < -0.39 is 0 Å². The van der Waals surface area contributed by atoms with Gasteiger partial charge in [0.25, 0.3) is 0 Å². The second-order valence-electron chi connectivity index (χ2n) is 4.64. The number of aromatic amines is 1. The molecule has 22 heavy (non-hydrogen) atoms. The second kappa shape index (κ2) is 12.8. The summed E-state index contributed by atoms with van der Waals surface area (Å²) in [6.45, 7) is 8.12. The molecule has 1 N–H and O–H groups in total. The number of rotatable bonds is 1. The molecule has 2 aromatic rings. The standard InChI is InChI=1S/C8H15N3.C5H7N2.CH4.2CH3.Y/c1-6-7(2)11(5)9-8(6)10(3)4;1-4-3-6-7-5(4)2;;;;/h1-5H3;1-2H3,(H,6,7);1H4;2*1H3;/q;-1;;2*-1;+3. The third kappa shape index (κ3) is 7.55. The van der Waals surface area contributed by atoms with E-state index in [0.717, 1.165) is 17.1 Å². The molecule has 0 radical (unpaired) electrons. The maximum atomic E-state index is 4.35. The zero-order valence-corrected chi connectivity index (χ0v) is 17.7. The van der Waals surface area contributed by atoms with Crippen molar-refractivity contribution in [1.82, 2.24) is 20.0 Å². The van der Waals surface area contributed by atoms with Crippen LogP contribution in [0.25, 0.3) is 0 Å². The van der Waals surface area contributed by atoms with Crippen molar-refractivity contribution in [3.05, 3.63) is 43.6 Å². The molecule has 0 fully saturated rings. The fourth-order valence-corrected chi connectivity index (χ4v) is 1.48. The number of H-pyrrole nitrogens is 1. The molecule has 0 atom stereocenters. The predicted molar refractivity (Wildman–Crippen MR) is 93.5 cm³/mol. The van der Waals surface area contributed by atoms with E-state index in [1.165, 1.54) is 11.3 Å². The first-order valence-corrected chi connectivity index (χ1v) is 5.91. The van der Waals surface area contributed by atoms with E-state index >= 15 is 0 Å². The van der Waals surface area contributed by atoms with Crippen LogP contribution in [-0.2, 0) is 39.8 Å². The van der Waals surface area contributed by atoms with Gasteiger partial charge >= 0.3 is 32.7 Å². The van der Waals surface area contributed by atoms with Crippen LogP contribution in [0.3, 0.4) is 0 Å². The molecule has 124 valence electrons. The summed E-state index contributed by atoms with van der Waals surface area (Å²) in [5.41, 5.74) is 4.69. The van der Waals surface area contributed by atoms with Crippen LogP contribution in [0.2, 0.25) is 0 Å². The summed E-state index contributed by atoms with van der Waals surface area (Å²) in [6, 6.07) is 0. The molecule has 0 saturated heterocycles. The fourth-order valence-electron chi connectivity index (χ4n) is 1.48. The zero-order valence-electron chi connectivity index (χ0n) is 14.9. The van der Waals surface area contributed by atoms with Crippen LogP contribution < -0.4 is 4.90 Å². The van der Waals surface area contributed by atoms with Crippen LogP contribution in [0.1, 0.15) is 29.9 Å². The SMILES string of the molecule is C.Cc1[c-]n[nH]c1C.Cc1c(N(C)C)nn(C)c1C.[CH3-].[CH3-].[Y+3]. The minimum absolute atomic E-state index is 0. The molecule has 6 heteroatoms. The van der Waals surface area contributed by atoms with Gasteiger partial charge in [-0.2, -0.15) is 10.7 Å². The minimum Gasteiger partial charge on any atom is -0.379 e. The number of nitrogens with zero attached hydrogens (tertiary/aromatic N) is 4. The van der Waals surface area contributed by atoms with Gasteiger partial charge in [-0.05, 0) is 13.8 Å². The average Bonchev–Trinajstić information content (AvgIpc) is 2.79. The van der Waals surface area contributed by atoms with E-state index in [1.807, 2.05) is 44.6 Å². The number of anilines is 1. The maximum absolute atomic E-state index is 4.35. The molecule has 0 saturated carbocycles. The fraction of sp³-hybridized carbons (Fsp3) is 0.500. The normalized spacial score (nSPS) is 8.14. The third-order valence-corrected chi connectivity index (χ3v) is 3.04. The van der Waals surface area contributed by atoms with Crippen molar-refractivity contribution in [2.45, 2.75) is 35.1 Å². The summed E-state index contributed by atoms with van der Waals surface area (Å²) >= 11 is 0. The Morgan fingerprint density at radius 2 is 1.59 bits per heavy atom. The molecule has 0 bridgehead atoms. The minimum atomic E-state index is 0. The van der Waals surface area contributed by atoms with Gasteiger partial charge in [0, 0.05) is 32.4 Å². The van der Waals surface area contributed by atoms with Crippen molar-refractivity contribution in [3.8, 4) is 0 Å². The van der Waals surface area contributed by atoms with Crippen molar-refractivity contribution >= 4 is 5.82 Å². The van der Waals surface area contributed by atoms with Crippen LogP contribution in [-0.4, -0.2) is 34.1 Å². The number of aromatic nitrogens is 4. The Morgan fingerprint density at radius 3 is 1.73 bits per heavy atom. The largest absolute Gasteiger partial charge is 3.00 e. The van der Waals surface area contributed by atoms with E-state index in [2.05, 4.69) is 35.3 Å². The van der Waals surface area contributed by atoms with Gasteiger partial charge in [0.1, 0.15) is 0 Å². The van der Waals surface area contributed by atoms with Crippen LogP contribution in [0.5, 0.6) is 0 Å². The van der Waals surface area contributed by atoms with Gasteiger partial charge in [-0.1, -0.05) is 21.3 Å². The number of hydrogen-bond donors (Lipinski definition) is 1. The summed E-state index contributed by atoms with van der Waals surface area (Å²) in [5.74, 6) is 1.06. The molecule has 2 heterocycles. The summed E-state index contributed by atoms with van der Waals surface area (Å²) in [7, 11) is 5.98. The predicted octanol–water partition coefficient (Wildman–Crippen LogP) is 3.46. The first-order valence-electron chi connectivity index (χ1n) is 5.91. The molecule has 2 rings (SSSR count). The Balaban J connectivity index is -0.000000132. The van der Waals surface area contributed by atoms with E-state index in [9.17, 15) is 0 Å². The summed E-state index contributed by atoms with van der Waals surface area (Å²) in [6.07, 6.45) is 2.76. The Kier molecular flexibility index (Phi) is 17.1. The van der Waals surface area contributed by atoms with Gasteiger partial charge in [-0.15, -0.1) is 11.9 Å². The van der Waals surface area contributed by atoms with Crippen molar-refractivity contribution in [1.29, 1.82) is 0 Å². The first-order chi connectivity index (χ1) is 8.34. The van der Waals surface area contributed by atoms with Crippen molar-refractivity contribution in [2.75, 3.05) is 19.0 Å². The quantitative estimate of drug-likeness (QED) is 0.768. The van der Waals surface area contributed by atoms with Gasteiger partial charge in [-0.3, -0.25) is 4.68 Å². The second-order valence-corrected chi connectivity index (χ2v) is 4.64. The number of aryl methyl sites for hydroxylation is 3. The molecular formula is C16H32N5Y. The molecule has 0 aliphatic heterocycles. The zero-order chi connectivity index (χ0) is 13.9. The Morgan fingerprint density at radius 1 is 1.09 bits per heavy atom. The van der Waals surface area contributed by atoms with E-state index in [0.29, 0.717) is 0 Å². The van der Waals surface area contributed by atoms with Gasteiger partial charge in [0.15, 0.2) is 5.82 Å². The topological polar surface area (TPSA) is 49.7 Å². The molecular weight excluding hydrogens is 351 g/mol. The molecule has 0 aliphatic carbocycles. The van der Waals surface area contributed by atoms with Gasteiger partial charge < -0.3 is 30.0 Å².